The zero-order valence-corrected chi connectivity index (χ0v) is 16.3. The number of rotatable bonds is 3. The quantitative estimate of drug-likeness (QED) is 0.545. The van der Waals surface area contributed by atoms with Crippen LogP contribution in [0.1, 0.15) is 17.0 Å². The van der Waals surface area contributed by atoms with E-state index in [1.807, 2.05) is 49.4 Å². The van der Waals surface area contributed by atoms with Crippen LogP contribution in [0.2, 0.25) is 0 Å². The van der Waals surface area contributed by atoms with Crippen molar-refractivity contribution < 1.29 is 8.42 Å². The number of fused-ring (bicyclic) bond motifs is 3. The van der Waals surface area contributed by atoms with E-state index >= 15 is 0 Å². The van der Waals surface area contributed by atoms with E-state index in [4.69, 9.17) is 0 Å². The molecular weight excluding hydrogens is 362 g/mol. The van der Waals surface area contributed by atoms with Gasteiger partial charge in [-0.25, -0.2) is 17.7 Å². The summed E-state index contributed by atoms with van der Waals surface area (Å²) in [4.78, 5) is 4.79. The van der Waals surface area contributed by atoms with E-state index in [2.05, 4.69) is 15.2 Å². The number of nitrogens with zero attached hydrogens (tertiary/aromatic N) is 5. The first-order valence-electron chi connectivity index (χ1n) is 8.47. The highest BCUT2D eigenvalue weighted by molar-refractivity contribution is 7.92. The number of aryl methyl sites for hydroxylation is 3. The van der Waals surface area contributed by atoms with Crippen LogP contribution >= 0.6 is 0 Å². The molecule has 0 spiro atoms. The van der Waals surface area contributed by atoms with Gasteiger partial charge in [0.05, 0.1) is 15.9 Å². The molecule has 2 aromatic heterocycles. The van der Waals surface area contributed by atoms with Gasteiger partial charge in [0, 0.05) is 7.05 Å². The molecule has 0 aliphatic heterocycles. The number of hydrogen-bond acceptors (Lipinski definition) is 5. The Labute approximate surface area is 157 Å². The largest absolute Gasteiger partial charge is 0.274 e. The number of para-hydroxylation sites is 2. The predicted octanol–water partition coefficient (Wildman–Crippen LogP) is 3.03. The Hall–Kier alpha value is -3.00. The Kier molecular flexibility index (Phi) is 3.88. The van der Waals surface area contributed by atoms with Crippen LogP contribution < -0.4 is 4.31 Å². The number of anilines is 1. The van der Waals surface area contributed by atoms with Gasteiger partial charge < -0.3 is 0 Å². The van der Waals surface area contributed by atoms with Crippen LogP contribution in [0.15, 0.2) is 47.4 Å². The van der Waals surface area contributed by atoms with E-state index in [1.54, 1.807) is 18.2 Å². The molecule has 4 rings (SSSR count). The Morgan fingerprint density at radius 3 is 2.44 bits per heavy atom. The fourth-order valence-electron chi connectivity index (χ4n) is 3.06. The molecule has 0 aliphatic carbocycles. The summed E-state index contributed by atoms with van der Waals surface area (Å²) in [6, 6.07) is 12.6. The van der Waals surface area contributed by atoms with Gasteiger partial charge in [-0.2, -0.15) is 0 Å². The Morgan fingerprint density at radius 2 is 1.70 bits per heavy atom. The van der Waals surface area contributed by atoms with Gasteiger partial charge in [0.1, 0.15) is 5.82 Å². The van der Waals surface area contributed by atoms with Crippen molar-refractivity contribution in [3.8, 4) is 0 Å². The maximum atomic E-state index is 13.2. The fourth-order valence-corrected chi connectivity index (χ4v) is 4.30. The highest BCUT2D eigenvalue weighted by atomic mass is 32.2. The number of benzene rings is 2. The minimum atomic E-state index is -3.79. The second-order valence-electron chi connectivity index (χ2n) is 6.55. The van der Waals surface area contributed by atoms with Crippen molar-refractivity contribution in [1.29, 1.82) is 0 Å². The molecule has 0 bridgehead atoms. The zero-order valence-electron chi connectivity index (χ0n) is 15.5. The summed E-state index contributed by atoms with van der Waals surface area (Å²) in [5.41, 5.74) is 3.86. The molecule has 0 atom stereocenters. The van der Waals surface area contributed by atoms with Crippen molar-refractivity contribution in [2.45, 2.75) is 25.7 Å². The summed E-state index contributed by atoms with van der Waals surface area (Å²) in [6.07, 6.45) is 0. The minimum Gasteiger partial charge on any atom is -0.274 e. The standard InChI is InChI=1S/C19H19N5O2S/c1-12-9-10-15(11-13(12)2)27(25,26)23(4)18-19-22-21-14(3)24(19)17-8-6-5-7-16(17)20-18/h5-11H,1-4H3. The van der Waals surface area contributed by atoms with Crippen molar-refractivity contribution in [2.75, 3.05) is 11.4 Å². The van der Waals surface area contributed by atoms with Gasteiger partial charge >= 0.3 is 0 Å². The summed E-state index contributed by atoms with van der Waals surface area (Å²) in [7, 11) is -2.30. The summed E-state index contributed by atoms with van der Waals surface area (Å²) in [5, 5.41) is 8.29. The number of aromatic nitrogens is 4. The van der Waals surface area contributed by atoms with E-state index in [9.17, 15) is 8.42 Å². The van der Waals surface area contributed by atoms with Crippen LogP contribution in [0.25, 0.3) is 16.7 Å². The van der Waals surface area contributed by atoms with Crippen molar-refractivity contribution in [2.24, 2.45) is 0 Å². The van der Waals surface area contributed by atoms with Gasteiger partial charge in [-0.15, -0.1) is 10.2 Å². The van der Waals surface area contributed by atoms with Crippen molar-refractivity contribution in [3.63, 3.8) is 0 Å². The molecule has 0 N–H and O–H groups in total. The lowest BCUT2D eigenvalue weighted by Crippen LogP contribution is -2.28. The maximum Gasteiger partial charge on any atom is 0.265 e. The predicted molar refractivity (Wildman–Crippen MR) is 105 cm³/mol. The SMILES string of the molecule is Cc1ccc(S(=O)(=O)N(C)c2nc3ccccc3n3c(C)nnc23)cc1C. The number of hydrogen-bond donors (Lipinski definition) is 0. The van der Waals surface area contributed by atoms with Crippen LogP contribution in [0, 0.1) is 20.8 Å². The lowest BCUT2D eigenvalue weighted by atomic mass is 10.1. The van der Waals surface area contributed by atoms with Crippen LogP contribution in [-0.2, 0) is 10.0 Å². The monoisotopic (exact) mass is 381 g/mol. The fraction of sp³-hybridized carbons (Fsp3) is 0.211. The Balaban J connectivity index is 1.96. The first-order valence-corrected chi connectivity index (χ1v) is 9.91. The molecule has 0 saturated carbocycles. The van der Waals surface area contributed by atoms with Crippen LogP contribution in [0.5, 0.6) is 0 Å². The first-order chi connectivity index (χ1) is 12.8. The van der Waals surface area contributed by atoms with E-state index < -0.39 is 10.0 Å². The molecule has 0 radical (unpaired) electrons. The van der Waals surface area contributed by atoms with Crippen molar-refractivity contribution in [3.05, 3.63) is 59.4 Å². The van der Waals surface area contributed by atoms with Crippen LogP contribution in [0.3, 0.4) is 0 Å². The third kappa shape index (κ3) is 2.64. The molecule has 0 amide bonds. The normalized spacial score (nSPS) is 12.0. The van der Waals surface area contributed by atoms with E-state index in [0.717, 1.165) is 16.6 Å². The average Bonchev–Trinajstić information content (AvgIpc) is 3.04. The molecule has 4 aromatic rings. The summed E-state index contributed by atoms with van der Waals surface area (Å²) in [5.74, 6) is 0.911. The molecule has 8 heteroatoms. The highest BCUT2D eigenvalue weighted by Gasteiger charge is 2.26. The molecule has 0 fully saturated rings. The van der Waals surface area contributed by atoms with Crippen molar-refractivity contribution in [1.82, 2.24) is 19.6 Å². The molecule has 0 saturated heterocycles. The number of sulfonamides is 1. The molecule has 2 aromatic carbocycles. The molecule has 0 unspecified atom stereocenters. The summed E-state index contributed by atoms with van der Waals surface area (Å²) < 4.78 is 29.4. The molecule has 27 heavy (non-hydrogen) atoms. The topological polar surface area (TPSA) is 80.5 Å². The van der Waals surface area contributed by atoms with E-state index in [1.165, 1.54) is 11.4 Å². The zero-order chi connectivity index (χ0) is 19.3. The minimum absolute atomic E-state index is 0.220. The first kappa shape index (κ1) is 17.4. The van der Waals surface area contributed by atoms with Gasteiger partial charge in [-0.1, -0.05) is 18.2 Å². The molecule has 2 heterocycles. The third-order valence-corrected chi connectivity index (χ3v) is 6.55. The molecule has 7 nitrogen and oxygen atoms in total. The van der Waals surface area contributed by atoms with Gasteiger partial charge in [0.15, 0.2) is 5.82 Å². The smallest absolute Gasteiger partial charge is 0.265 e. The summed E-state index contributed by atoms with van der Waals surface area (Å²) in [6.45, 7) is 5.67. The molecule has 0 aliphatic rings. The summed E-state index contributed by atoms with van der Waals surface area (Å²) >= 11 is 0. The Bertz CT molecular complexity index is 1290. The lowest BCUT2D eigenvalue weighted by molar-refractivity contribution is 0.594. The second-order valence-corrected chi connectivity index (χ2v) is 8.52. The van der Waals surface area contributed by atoms with Gasteiger partial charge in [-0.3, -0.25) is 4.40 Å². The molecular formula is C19H19N5O2S. The molecule has 138 valence electrons. The van der Waals surface area contributed by atoms with Crippen molar-refractivity contribution >= 4 is 32.5 Å². The van der Waals surface area contributed by atoms with Gasteiger partial charge in [0.2, 0.25) is 5.65 Å². The second kappa shape index (κ2) is 6.02. The lowest BCUT2D eigenvalue weighted by Gasteiger charge is -2.20. The Morgan fingerprint density at radius 1 is 0.963 bits per heavy atom. The van der Waals surface area contributed by atoms with Crippen LogP contribution in [-0.4, -0.2) is 35.0 Å². The van der Waals surface area contributed by atoms with Gasteiger partial charge in [0.25, 0.3) is 10.0 Å². The van der Waals surface area contributed by atoms with E-state index in [0.29, 0.717) is 17.0 Å². The van der Waals surface area contributed by atoms with E-state index in [-0.39, 0.29) is 10.7 Å². The average molecular weight is 381 g/mol. The van der Waals surface area contributed by atoms with Crippen LogP contribution in [0.4, 0.5) is 5.82 Å². The maximum absolute atomic E-state index is 13.2. The van der Waals surface area contributed by atoms with Gasteiger partial charge in [-0.05, 0) is 56.2 Å². The highest BCUT2D eigenvalue weighted by Crippen LogP contribution is 2.28. The third-order valence-electron chi connectivity index (χ3n) is 4.81.